The minimum Gasteiger partial charge on any atom is -0.392 e. The van der Waals surface area contributed by atoms with Crippen molar-refractivity contribution in [1.29, 1.82) is 0 Å². The predicted octanol–water partition coefficient (Wildman–Crippen LogP) is -0.364. The summed E-state index contributed by atoms with van der Waals surface area (Å²) in [6.45, 7) is 2.30. The zero-order valence-electron chi connectivity index (χ0n) is 6.68. The summed E-state index contributed by atoms with van der Waals surface area (Å²) >= 11 is 0. The van der Waals surface area contributed by atoms with Crippen molar-refractivity contribution in [2.45, 2.75) is 19.1 Å². The van der Waals surface area contributed by atoms with Gasteiger partial charge in [0.2, 0.25) is 6.39 Å². The van der Waals surface area contributed by atoms with Gasteiger partial charge in [0.15, 0.2) is 5.82 Å². The second-order valence-electron chi connectivity index (χ2n) is 3.03. The lowest BCUT2D eigenvalue weighted by atomic mass is 10.3. The van der Waals surface area contributed by atoms with E-state index in [1.807, 2.05) is 0 Å². The third-order valence-corrected chi connectivity index (χ3v) is 2.02. The number of hydrogen-bond donors (Lipinski definition) is 1. The molecule has 1 aromatic rings. The Morgan fingerprint density at radius 2 is 2.67 bits per heavy atom. The van der Waals surface area contributed by atoms with Gasteiger partial charge in [0.1, 0.15) is 0 Å². The molecule has 0 spiro atoms. The lowest BCUT2D eigenvalue weighted by Crippen LogP contribution is -2.22. The first kappa shape index (κ1) is 7.70. The van der Waals surface area contributed by atoms with Crippen LogP contribution in [0.5, 0.6) is 0 Å². The van der Waals surface area contributed by atoms with Crippen LogP contribution in [0.1, 0.15) is 12.2 Å². The molecular weight excluding hydrogens is 158 g/mol. The first-order chi connectivity index (χ1) is 5.84. The highest BCUT2D eigenvalue weighted by Crippen LogP contribution is 2.10. The fourth-order valence-electron chi connectivity index (χ4n) is 1.42. The monoisotopic (exact) mass is 169 g/mol. The minimum atomic E-state index is -0.183. The summed E-state index contributed by atoms with van der Waals surface area (Å²) in [7, 11) is 0. The van der Waals surface area contributed by atoms with Gasteiger partial charge in [-0.2, -0.15) is 4.98 Å². The highest BCUT2D eigenvalue weighted by Gasteiger charge is 2.20. The van der Waals surface area contributed by atoms with Crippen LogP contribution in [0.25, 0.3) is 0 Å². The maximum absolute atomic E-state index is 9.22. The first-order valence-electron chi connectivity index (χ1n) is 4.00. The summed E-state index contributed by atoms with van der Waals surface area (Å²) in [5.74, 6) is 0.684. The van der Waals surface area contributed by atoms with Crippen molar-refractivity contribution in [1.82, 2.24) is 15.0 Å². The normalized spacial score (nSPS) is 24.9. The van der Waals surface area contributed by atoms with Crippen LogP contribution in [-0.4, -0.2) is 39.3 Å². The molecule has 0 amide bonds. The van der Waals surface area contributed by atoms with Gasteiger partial charge in [-0.3, -0.25) is 4.90 Å². The smallest absolute Gasteiger partial charge is 0.213 e. The largest absolute Gasteiger partial charge is 0.392 e. The summed E-state index contributed by atoms with van der Waals surface area (Å²) in [6.07, 6.45) is 1.98. The molecule has 0 unspecified atom stereocenters. The number of likely N-dealkylation sites (tertiary alicyclic amines) is 1. The van der Waals surface area contributed by atoms with E-state index in [4.69, 9.17) is 0 Å². The van der Waals surface area contributed by atoms with E-state index in [2.05, 4.69) is 19.6 Å². The van der Waals surface area contributed by atoms with Crippen molar-refractivity contribution in [2.24, 2.45) is 0 Å². The Bertz CT molecular complexity index is 237. The molecule has 0 aliphatic carbocycles. The zero-order chi connectivity index (χ0) is 8.39. The van der Waals surface area contributed by atoms with E-state index in [-0.39, 0.29) is 6.10 Å². The number of aliphatic hydroxyl groups is 1. The predicted molar refractivity (Wildman–Crippen MR) is 40.2 cm³/mol. The number of aromatic nitrogens is 2. The van der Waals surface area contributed by atoms with Gasteiger partial charge in [0.05, 0.1) is 12.6 Å². The Labute approximate surface area is 70.0 Å². The van der Waals surface area contributed by atoms with Crippen LogP contribution < -0.4 is 0 Å². The fraction of sp³-hybridized carbons (Fsp3) is 0.714. The molecule has 1 saturated heterocycles. The van der Waals surface area contributed by atoms with Gasteiger partial charge in [-0.25, -0.2) is 0 Å². The van der Waals surface area contributed by atoms with Gasteiger partial charge in [-0.05, 0) is 6.42 Å². The molecule has 1 aliphatic rings. The Balaban J connectivity index is 1.88. The number of aliphatic hydroxyl groups excluding tert-OH is 1. The van der Waals surface area contributed by atoms with Gasteiger partial charge in [-0.1, -0.05) is 5.16 Å². The van der Waals surface area contributed by atoms with Crippen LogP contribution in [0, 0.1) is 0 Å². The molecule has 0 saturated carbocycles. The van der Waals surface area contributed by atoms with Crippen LogP contribution in [0.4, 0.5) is 0 Å². The molecule has 0 radical (unpaired) electrons. The van der Waals surface area contributed by atoms with Crippen LogP contribution in [0.15, 0.2) is 10.9 Å². The molecule has 0 bridgehead atoms. The van der Waals surface area contributed by atoms with Crippen molar-refractivity contribution in [2.75, 3.05) is 13.1 Å². The summed E-state index contributed by atoms with van der Waals surface area (Å²) in [6, 6.07) is 0. The Hall–Kier alpha value is -0.940. The van der Waals surface area contributed by atoms with Crippen LogP contribution in [0.2, 0.25) is 0 Å². The lowest BCUT2D eigenvalue weighted by molar-refractivity contribution is 0.173. The van der Waals surface area contributed by atoms with Crippen LogP contribution >= 0.6 is 0 Å². The summed E-state index contributed by atoms with van der Waals surface area (Å²) in [5, 5.41) is 12.9. The number of hydrogen-bond acceptors (Lipinski definition) is 5. The molecule has 66 valence electrons. The quantitative estimate of drug-likeness (QED) is 0.654. The zero-order valence-corrected chi connectivity index (χ0v) is 6.68. The van der Waals surface area contributed by atoms with Crippen molar-refractivity contribution in [3.63, 3.8) is 0 Å². The molecule has 1 N–H and O–H groups in total. The molecule has 1 atom stereocenters. The minimum absolute atomic E-state index is 0.183. The Kier molecular flexibility index (Phi) is 2.05. The molecule has 0 aromatic carbocycles. The van der Waals surface area contributed by atoms with E-state index < -0.39 is 0 Å². The van der Waals surface area contributed by atoms with Crippen molar-refractivity contribution in [3.8, 4) is 0 Å². The standard InChI is InChI=1S/C7H11N3O2/c11-6-1-2-10(3-6)4-7-8-5-12-9-7/h5-6,11H,1-4H2/t6-/m0/s1. The topological polar surface area (TPSA) is 62.4 Å². The van der Waals surface area contributed by atoms with Crippen molar-refractivity contribution in [3.05, 3.63) is 12.2 Å². The molecule has 12 heavy (non-hydrogen) atoms. The first-order valence-corrected chi connectivity index (χ1v) is 4.00. The Morgan fingerprint density at radius 1 is 1.75 bits per heavy atom. The van der Waals surface area contributed by atoms with Gasteiger partial charge >= 0.3 is 0 Å². The molecule has 2 rings (SSSR count). The lowest BCUT2D eigenvalue weighted by Gasteiger charge is -2.10. The van der Waals surface area contributed by atoms with Gasteiger partial charge in [-0.15, -0.1) is 0 Å². The number of β-amino-alcohol motifs (C(OH)–C–C–N with tert-alkyl or cyclic N) is 1. The molecule has 2 heterocycles. The molecule has 1 fully saturated rings. The van der Waals surface area contributed by atoms with Crippen LogP contribution in [-0.2, 0) is 6.54 Å². The second kappa shape index (κ2) is 3.20. The summed E-state index contributed by atoms with van der Waals surface area (Å²) < 4.78 is 4.60. The maximum atomic E-state index is 9.22. The maximum Gasteiger partial charge on any atom is 0.213 e. The Morgan fingerprint density at radius 3 is 3.25 bits per heavy atom. The van der Waals surface area contributed by atoms with E-state index in [1.165, 1.54) is 6.39 Å². The SMILES string of the molecule is O[C@H]1CCN(Cc2ncon2)C1. The van der Waals surface area contributed by atoms with Gasteiger partial charge in [0, 0.05) is 13.1 Å². The molecular formula is C7H11N3O2. The number of nitrogens with zero attached hydrogens (tertiary/aromatic N) is 3. The van der Waals surface area contributed by atoms with Crippen LogP contribution in [0.3, 0.4) is 0 Å². The van der Waals surface area contributed by atoms with E-state index in [0.717, 1.165) is 13.0 Å². The molecule has 5 heteroatoms. The average Bonchev–Trinajstić information content (AvgIpc) is 2.63. The number of rotatable bonds is 2. The highest BCUT2D eigenvalue weighted by atomic mass is 16.5. The summed E-state index contributed by atoms with van der Waals surface area (Å²) in [4.78, 5) is 6.01. The molecule has 5 nitrogen and oxygen atoms in total. The highest BCUT2D eigenvalue weighted by molar-refractivity contribution is 4.82. The second-order valence-corrected chi connectivity index (χ2v) is 3.03. The van der Waals surface area contributed by atoms with Gasteiger partial charge in [0.25, 0.3) is 0 Å². The van der Waals surface area contributed by atoms with E-state index >= 15 is 0 Å². The summed E-state index contributed by atoms with van der Waals surface area (Å²) in [5.41, 5.74) is 0. The van der Waals surface area contributed by atoms with E-state index in [0.29, 0.717) is 18.9 Å². The fourth-order valence-corrected chi connectivity index (χ4v) is 1.42. The van der Waals surface area contributed by atoms with E-state index in [1.54, 1.807) is 0 Å². The van der Waals surface area contributed by atoms with Crippen molar-refractivity contribution >= 4 is 0 Å². The third-order valence-electron chi connectivity index (χ3n) is 2.02. The van der Waals surface area contributed by atoms with E-state index in [9.17, 15) is 5.11 Å². The third kappa shape index (κ3) is 1.62. The van der Waals surface area contributed by atoms with Gasteiger partial charge < -0.3 is 9.63 Å². The average molecular weight is 169 g/mol. The van der Waals surface area contributed by atoms with Crippen molar-refractivity contribution < 1.29 is 9.63 Å². The molecule has 1 aromatic heterocycles. The molecule has 1 aliphatic heterocycles.